The van der Waals surface area contributed by atoms with Crippen molar-refractivity contribution in [3.63, 3.8) is 0 Å². The molecule has 2 atom stereocenters. The first-order valence-corrected chi connectivity index (χ1v) is 6.68. The Hall–Kier alpha value is -0.120. The quantitative estimate of drug-likeness (QED) is 0.692. The van der Waals surface area contributed by atoms with Crippen LogP contribution >= 0.6 is 0 Å². The second-order valence-corrected chi connectivity index (χ2v) is 5.59. The van der Waals surface area contributed by atoms with Gasteiger partial charge >= 0.3 is 0 Å². The van der Waals surface area contributed by atoms with Crippen molar-refractivity contribution < 1.29 is 5.11 Å². The van der Waals surface area contributed by atoms with E-state index in [4.69, 9.17) is 0 Å². The first-order chi connectivity index (χ1) is 7.59. The molecule has 2 N–H and O–H groups in total. The summed E-state index contributed by atoms with van der Waals surface area (Å²) >= 11 is 0. The number of nitrogens with one attached hydrogen (secondary N) is 1. The maximum absolute atomic E-state index is 9.46. The number of hydrogen-bond donors (Lipinski definition) is 2. The smallest absolute Gasteiger partial charge is 0.0611 e. The van der Waals surface area contributed by atoms with Crippen LogP contribution in [0.4, 0.5) is 0 Å². The van der Waals surface area contributed by atoms with E-state index in [9.17, 15) is 5.11 Å². The first-order valence-electron chi connectivity index (χ1n) is 6.68. The summed E-state index contributed by atoms with van der Waals surface area (Å²) in [4.78, 5) is 2.52. The molecule has 0 amide bonds. The van der Waals surface area contributed by atoms with Crippen molar-refractivity contribution in [2.75, 3.05) is 32.8 Å². The predicted molar refractivity (Wildman–Crippen MR) is 68.6 cm³/mol. The van der Waals surface area contributed by atoms with Gasteiger partial charge in [0.05, 0.1) is 6.61 Å². The lowest BCUT2D eigenvalue weighted by atomic mass is 9.98. The summed E-state index contributed by atoms with van der Waals surface area (Å²) in [6, 6.07) is 0. The molecule has 1 aliphatic rings. The molecule has 0 aromatic carbocycles. The highest BCUT2D eigenvalue weighted by molar-refractivity contribution is 4.84. The van der Waals surface area contributed by atoms with Crippen molar-refractivity contribution >= 4 is 0 Å². The van der Waals surface area contributed by atoms with Crippen LogP contribution in [0.15, 0.2) is 0 Å². The van der Waals surface area contributed by atoms with Crippen LogP contribution in [-0.4, -0.2) is 48.3 Å². The Kier molecular flexibility index (Phi) is 5.73. The summed E-state index contributed by atoms with van der Waals surface area (Å²) in [7, 11) is 0. The SMILES string of the molecule is CCCNC(C)(CO)CCN1CCC(C)C1. The molecule has 3 heteroatoms. The van der Waals surface area contributed by atoms with Crippen LogP contribution in [0.2, 0.25) is 0 Å². The molecule has 1 aliphatic heterocycles. The number of aliphatic hydroxyl groups excluding tert-OH is 1. The largest absolute Gasteiger partial charge is 0.394 e. The number of rotatable bonds is 7. The molecule has 2 unspecified atom stereocenters. The van der Waals surface area contributed by atoms with E-state index >= 15 is 0 Å². The average Bonchev–Trinajstić information content (AvgIpc) is 2.70. The standard InChI is InChI=1S/C13H28N2O/c1-4-7-14-13(3,11-16)6-9-15-8-5-12(2)10-15/h12,14,16H,4-11H2,1-3H3. The Morgan fingerprint density at radius 1 is 1.50 bits per heavy atom. The molecule has 3 nitrogen and oxygen atoms in total. The van der Waals surface area contributed by atoms with Gasteiger partial charge in [0.1, 0.15) is 0 Å². The van der Waals surface area contributed by atoms with E-state index < -0.39 is 0 Å². The zero-order chi connectivity index (χ0) is 12.0. The Balaban J connectivity index is 2.27. The number of likely N-dealkylation sites (tertiary alicyclic amines) is 1. The third kappa shape index (κ3) is 4.40. The summed E-state index contributed by atoms with van der Waals surface area (Å²) in [5, 5.41) is 12.9. The van der Waals surface area contributed by atoms with Crippen LogP contribution in [0.25, 0.3) is 0 Å². The highest BCUT2D eigenvalue weighted by Crippen LogP contribution is 2.17. The van der Waals surface area contributed by atoms with E-state index in [2.05, 4.69) is 31.0 Å². The highest BCUT2D eigenvalue weighted by atomic mass is 16.3. The summed E-state index contributed by atoms with van der Waals surface area (Å²) in [5.41, 5.74) is -0.0954. The van der Waals surface area contributed by atoms with Crippen LogP contribution in [0.5, 0.6) is 0 Å². The van der Waals surface area contributed by atoms with E-state index in [1.165, 1.54) is 19.5 Å². The zero-order valence-corrected chi connectivity index (χ0v) is 11.1. The summed E-state index contributed by atoms with van der Waals surface area (Å²) in [5.74, 6) is 0.851. The van der Waals surface area contributed by atoms with Crippen molar-refractivity contribution in [3.8, 4) is 0 Å². The van der Waals surface area contributed by atoms with E-state index in [-0.39, 0.29) is 12.1 Å². The minimum atomic E-state index is -0.0954. The van der Waals surface area contributed by atoms with E-state index in [0.29, 0.717) is 0 Å². The van der Waals surface area contributed by atoms with Gasteiger partial charge in [0.25, 0.3) is 0 Å². The van der Waals surface area contributed by atoms with Crippen LogP contribution in [0.1, 0.15) is 40.0 Å². The molecule has 0 saturated carbocycles. The van der Waals surface area contributed by atoms with Gasteiger partial charge in [-0.3, -0.25) is 0 Å². The molecule has 1 rings (SSSR count). The van der Waals surface area contributed by atoms with Gasteiger partial charge in [0.2, 0.25) is 0 Å². The van der Waals surface area contributed by atoms with E-state index in [1.807, 2.05) is 0 Å². The normalized spacial score (nSPS) is 25.9. The molecule has 1 heterocycles. The fraction of sp³-hybridized carbons (Fsp3) is 1.00. The van der Waals surface area contributed by atoms with Gasteiger partial charge in [-0.15, -0.1) is 0 Å². The van der Waals surface area contributed by atoms with Gasteiger partial charge in [-0.05, 0) is 51.7 Å². The maximum Gasteiger partial charge on any atom is 0.0611 e. The molecule has 0 radical (unpaired) electrons. The van der Waals surface area contributed by atoms with E-state index in [0.717, 1.165) is 31.8 Å². The molecule has 0 spiro atoms. The number of hydrogen-bond acceptors (Lipinski definition) is 3. The molecule has 0 bridgehead atoms. The predicted octanol–water partition coefficient (Wildman–Crippen LogP) is 1.47. The van der Waals surface area contributed by atoms with Crippen molar-refractivity contribution in [1.29, 1.82) is 0 Å². The van der Waals surface area contributed by atoms with Crippen LogP contribution < -0.4 is 5.32 Å². The topological polar surface area (TPSA) is 35.5 Å². The Labute approximate surface area is 100 Å². The second-order valence-electron chi connectivity index (χ2n) is 5.59. The first kappa shape index (κ1) is 13.9. The van der Waals surface area contributed by atoms with Gasteiger partial charge in [-0.2, -0.15) is 0 Å². The van der Waals surface area contributed by atoms with Crippen LogP contribution in [-0.2, 0) is 0 Å². The minimum absolute atomic E-state index is 0.0954. The lowest BCUT2D eigenvalue weighted by molar-refractivity contribution is 0.150. The summed E-state index contributed by atoms with van der Waals surface area (Å²) in [6.07, 6.45) is 3.49. The van der Waals surface area contributed by atoms with Gasteiger partial charge in [-0.1, -0.05) is 13.8 Å². The highest BCUT2D eigenvalue weighted by Gasteiger charge is 2.25. The Morgan fingerprint density at radius 3 is 2.75 bits per heavy atom. The van der Waals surface area contributed by atoms with Gasteiger partial charge in [-0.25, -0.2) is 0 Å². The van der Waals surface area contributed by atoms with Crippen molar-refractivity contribution in [3.05, 3.63) is 0 Å². The fourth-order valence-corrected chi connectivity index (χ4v) is 2.28. The van der Waals surface area contributed by atoms with Gasteiger partial charge in [0, 0.05) is 12.1 Å². The third-order valence-corrected chi connectivity index (χ3v) is 3.64. The molecule has 0 aromatic rings. The fourth-order valence-electron chi connectivity index (χ4n) is 2.28. The Bertz CT molecular complexity index is 198. The monoisotopic (exact) mass is 228 g/mol. The summed E-state index contributed by atoms with van der Waals surface area (Å²) in [6.45, 7) is 11.4. The minimum Gasteiger partial charge on any atom is -0.394 e. The maximum atomic E-state index is 9.46. The number of nitrogens with zero attached hydrogens (tertiary/aromatic N) is 1. The molecule has 16 heavy (non-hydrogen) atoms. The van der Waals surface area contributed by atoms with Crippen LogP contribution in [0, 0.1) is 5.92 Å². The van der Waals surface area contributed by atoms with Crippen molar-refractivity contribution in [2.45, 2.75) is 45.6 Å². The molecule has 1 fully saturated rings. The zero-order valence-electron chi connectivity index (χ0n) is 11.1. The molecular weight excluding hydrogens is 200 g/mol. The average molecular weight is 228 g/mol. The second kappa shape index (κ2) is 6.58. The molecule has 0 aliphatic carbocycles. The summed E-state index contributed by atoms with van der Waals surface area (Å²) < 4.78 is 0. The molecular formula is C13H28N2O. The molecule has 1 saturated heterocycles. The van der Waals surface area contributed by atoms with E-state index in [1.54, 1.807) is 0 Å². The lowest BCUT2D eigenvalue weighted by Crippen LogP contribution is -2.48. The Morgan fingerprint density at radius 2 is 2.25 bits per heavy atom. The third-order valence-electron chi connectivity index (χ3n) is 3.64. The van der Waals surface area contributed by atoms with Crippen molar-refractivity contribution in [2.24, 2.45) is 5.92 Å². The molecule has 96 valence electrons. The van der Waals surface area contributed by atoms with Crippen LogP contribution in [0.3, 0.4) is 0 Å². The van der Waals surface area contributed by atoms with Gasteiger partial charge < -0.3 is 15.3 Å². The molecule has 0 aromatic heterocycles. The van der Waals surface area contributed by atoms with Gasteiger partial charge in [0.15, 0.2) is 0 Å². The lowest BCUT2D eigenvalue weighted by Gasteiger charge is -2.31. The van der Waals surface area contributed by atoms with Crippen molar-refractivity contribution in [1.82, 2.24) is 10.2 Å². The number of aliphatic hydroxyl groups is 1.